The van der Waals surface area contributed by atoms with Crippen LogP contribution in [0.2, 0.25) is 0 Å². The van der Waals surface area contributed by atoms with Crippen LogP contribution in [0.15, 0.2) is 0 Å². The van der Waals surface area contributed by atoms with Gasteiger partial charge in [-0.2, -0.15) is 0 Å². The van der Waals surface area contributed by atoms with Gasteiger partial charge in [0.1, 0.15) is 12.2 Å². The Morgan fingerprint density at radius 3 is 2.79 bits per heavy atom. The number of hydrogen-bond donors (Lipinski definition) is 1. The molecule has 0 spiro atoms. The maximum atomic E-state index is 11.6. The Labute approximate surface area is 141 Å². The Kier molecular flexibility index (Phi) is 3.18. The monoisotopic (exact) mass is 335 g/mol. The molecule has 1 saturated carbocycles. The summed E-state index contributed by atoms with van der Waals surface area (Å²) in [4.78, 5) is 0. The first-order valence-electron chi connectivity index (χ1n) is 9.14. The van der Waals surface area contributed by atoms with E-state index in [1.54, 1.807) is 4.68 Å². The minimum atomic E-state index is -1.22. The van der Waals surface area contributed by atoms with Gasteiger partial charge >= 0.3 is 0 Å². The summed E-state index contributed by atoms with van der Waals surface area (Å²) in [5, 5.41) is 20.2. The third-order valence-corrected chi connectivity index (χ3v) is 6.01. The summed E-state index contributed by atoms with van der Waals surface area (Å²) >= 11 is 0. The van der Waals surface area contributed by atoms with Gasteiger partial charge in [-0.15, -0.1) is 5.10 Å². The van der Waals surface area contributed by atoms with Crippen molar-refractivity contribution < 1.29 is 19.3 Å². The number of fused-ring (bicyclic) bond motifs is 5. The second kappa shape index (κ2) is 5.00. The summed E-state index contributed by atoms with van der Waals surface area (Å²) in [5.41, 5.74) is 0.475. The average molecular weight is 335 g/mol. The van der Waals surface area contributed by atoms with Crippen LogP contribution in [-0.4, -0.2) is 44.4 Å². The van der Waals surface area contributed by atoms with E-state index in [-0.39, 0.29) is 6.10 Å². The first-order valence-corrected chi connectivity index (χ1v) is 9.14. The SMILES string of the molecule is CC1(C)OC2OC3Cn4nnc(CC5CCCCC5)c4C3(O)C2O1. The molecule has 24 heavy (non-hydrogen) atoms. The van der Waals surface area contributed by atoms with Crippen molar-refractivity contribution in [1.29, 1.82) is 0 Å². The summed E-state index contributed by atoms with van der Waals surface area (Å²) in [7, 11) is 0. The zero-order valence-electron chi connectivity index (χ0n) is 14.3. The predicted molar refractivity (Wildman–Crippen MR) is 82.9 cm³/mol. The smallest absolute Gasteiger partial charge is 0.191 e. The number of rotatable bonds is 2. The van der Waals surface area contributed by atoms with Gasteiger partial charge in [0, 0.05) is 0 Å². The molecule has 3 aliphatic heterocycles. The third kappa shape index (κ3) is 2.05. The largest absolute Gasteiger partial charge is 0.378 e. The van der Waals surface area contributed by atoms with E-state index in [2.05, 4.69) is 10.3 Å². The Hall–Kier alpha value is -1.02. The van der Waals surface area contributed by atoms with Crippen molar-refractivity contribution in [2.24, 2.45) is 5.92 Å². The highest BCUT2D eigenvalue weighted by atomic mass is 16.8. The lowest BCUT2D eigenvalue weighted by atomic mass is 9.83. The fraction of sp³-hybridized carbons (Fsp3) is 0.882. The van der Waals surface area contributed by atoms with Crippen LogP contribution in [0.25, 0.3) is 0 Å². The second-order valence-electron chi connectivity index (χ2n) is 8.15. The van der Waals surface area contributed by atoms with Crippen LogP contribution in [-0.2, 0) is 32.8 Å². The first-order chi connectivity index (χ1) is 11.5. The number of ether oxygens (including phenoxy) is 3. The minimum absolute atomic E-state index is 0.376. The van der Waals surface area contributed by atoms with E-state index in [4.69, 9.17) is 14.2 Å². The molecule has 3 fully saturated rings. The van der Waals surface area contributed by atoms with Crippen LogP contribution in [0.5, 0.6) is 0 Å². The van der Waals surface area contributed by atoms with Crippen LogP contribution in [0, 0.1) is 5.92 Å². The Morgan fingerprint density at radius 1 is 1.21 bits per heavy atom. The molecule has 4 heterocycles. The molecule has 0 radical (unpaired) electrons. The molecule has 7 heteroatoms. The van der Waals surface area contributed by atoms with Crippen molar-refractivity contribution in [2.45, 2.75) is 88.8 Å². The summed E-state index contributed by atoms with van der Waals surface area (Å²) in [6.07, 6.45) is 5.85. The molecule has 1 aromatic rings. The molecular formula is C17H25N3O4. The fourth-order valence-corrected chi connectivity index (χ4v) is 4.92. The molecule has 0 bridgehead atoms. The summed E-state index contributed by atoms with van der Waals surface area (Å²) in [6.45, 7) is 4.20. The van der Waals surface area contributed by atoms with Crippen molar-refractivity contribution in [2.75, 3.05) is 0 Å². The van der Waals surface area contributed by atoms with E-state index in [9.17, 15) is 5.11 Å². The van der Waals surface area contributed by atoms with E-state index in [0.717, 1.165) is 17.8 Å². The Bertz CT molecular complexity index is 654. The zero-order valence-corrected chi connectivity index (χ0v) is 14.3. The van der Waals surface area contributed by atoms with Gasteiger partial charge in [-0.3, -0.25) is 0 Å². The predicted octanol–water partition coefficient (Wildman–Crippen LogP) is 1.48. The molecule has 1 N–H and O–H groups in total. The normalized spacial score (nSPS) is 40.5. The molecule has 4 unspecified atom stereocenters. The minimum Gasteiger partial charge on any atom is -0.378 e. The van der Waals surface area contributed by atoms with Crippen LogP contribution in [0.3, 0.4) is 0 Å². The molecular weight excluding hydrogens is 310 g/mol. The Morgan fingerprint density at radius 2 is 2.00 bits per heavy atom. The van der Waals surface area contributed by atoms with Crippen LogP contribution < -0.4 is 0 Å². The van der Waals surface area contributed by atoms with Crippen molar-refractivity contribution in [3.05, 3.63) is 11.4 Å². The van der Waals surface area contributed by atoms with E-state index < -0.39 is 23.8 Å². The summed E-state index contributed by atoms with van der Waals surface area (Å²) < 4.78 is 19.5. The number of aliphatic hydroxyl groups is 1. The number of nitrogens with zero attached hydrogens (tertiary/aromatic N) is 3. The van der Waals surface area contributed by atoms with Crippen molar-refractivity contribution in [3.63, 3.8) is 0 Å². The molecule has 4 atom stereocenters. The highest BCUT2D eigenvalue weighted by molar-refractivity contribution is 5.30. The van der Waals surface area contributed by atoms with Gasteiger partial charge in [-0.25, -0.2) is 4.68 Å². The van der Waals surface area contributed by atoms with Gasteiger partial charge in [-0.1, -0.05) is 37.3 Å². The zero-order chi connectivity index (χ0) is 16.5. The summed E-state index contributed by atoms with van der Waals surface area (Å²) in [6, 6.07) is 0. The molecule has 132 valence electrons. The average Bonchev–Trinajstić information content (AvgIpc) is 3.20. The molecule has 0 amide bonds. The second-order valence-corrected chi connectivity index (χ2v) is 8.15. The molecule has 7 nitrogen and oxygen atoms in total. The lowest BCUT2D eigenvalue weighted by molar-refractivity contribution is -0.228. The van der Waals surface area contributed by atoms with Crippen LogP contribution in [0.4, 0.5) is 0 Å². The standard InChI is InChI=1S/C17H25N3O4/c1-16(2)23-14-15(24-16)22-12-9-20-13(17(12,14)21)11(18-19-20)8-10-6-4-3-5-7-10/h10,12,14-15,21H,3-9H2,1-2H3. The lowest BCUT2D eigenvalue weighted by Gasteiger charge is -2.29. The van der Waals surface area contributed by atoms with Crippen molar-refractivity contribution in [3.8, 4) is 0 Å². The maximum absolute atomic E-state index is 11.6. The maximum Gasteiger partial charge on any atom is 0.191 e. The van der Waals surface area contributed by atoms with Crippen molar-refractivity contribution >= 4 is 0 Å². The van der Waals surface area contributed by atoms with Gasteiger partial charge in [0.15, 0.2) is 17.7 Å². The molecule has 0 aromatic carbocycles. The van der Waals surface area contributed by atoms with Gasteiger partial charge in [-0.05, 0) is 26.2 Å². The topological polar surface area (TPSA) is 78.6 Å². The van der Waals surface area contributed by atoms with Crippen molar-refractivity contribution in [1.82, 2.24) is 15.0 Å². The molecule has 2 saturated heterocycles. The number of aromatic nitrogens is 3. The Balaban J connectivity index is 1.47. The van der Waals surface area contributed by atoms with Gasteiger partial charge in [0.25, 0.3) is 0 Å². The number of hydrogen-bond acceptors (Lipinski definition) is 6. The lowest BCUT2D eigenvalue weighted by Crippen LogP contribution is -2.44. The van der Waals surface area contributed by atoms with E-state index >= 15 is 0 Å². The van der Waals surface area contributed by atoms with Gasteiger partial charge in [0.05, 0.1) is 17.9 Å². The third-order valence-electron chi connectivity index (χ3n) is 6.01. The highest BCUT2D eigenvalue weighted by Gasteiger charge is 2.68. The molecule has 1 aliphatic carbocycles. The van der Waals surface area contributed by atoms with Crippen LogP contribution in [0.1, 0.15) is 57.3 Å². The highest BCUT2D eigenvalue weighted by Crippen LogP contribution is 2.52. The van der Waals surface area contributed by atoms with Gasteiger partial charge in [0.2, 0.25) is 0 Å². The van der Waals surface area contributed by atoms with E-state index in [0.29, 0.717) is 12.5 Å². The first kappa shape index (κ1) is 15.3. The molecule has 4 aliphatic rings. The van der Waals surface area contributed by atoms with E-state index in [1.807, 2.05) is 13.8 Å². The quantitative estimate of drug-likeness (QED) is 0.882. The molecule has 1 aromatic heterocycles. The molecule has 5 rings (SSSR count). The van der Waals surface area contributed by atoms with Crippen LogP contribution >= 0.6 is 0 Å². The fourth-order valence-electron chi connectivity index (χ4n) is 4.92. The summed E-state index contributed by atoms with van der Waals surface area (Å²) in [5.74, 6) is -0.112. The van der Waals surface area contributed by atoms with E-state index in [1.165, 1.54) is 32.1 Å². The van der Waals surface area contributed by atoms with Gasteiger partial charge < -0.3 is 19.3 Å².